The average molecular weight is 225 g/mol. The van der Waals surface area contributed by atoms with E-state index >= 15 is 0 Å². The molecule has 0 aromatic heterocycles. The van der Waals surface area contributed by atoms with E-state index in [9.17, 15) is 4.39 Å². The number of hydrogen-bond acceptors (Lipinski definition) is 2. The molecule has 0 saturated carbocycles. The van der Waals surface area contributed by atoms with Crippen molar-refractivity contribution in [2.24, 2.45) is 0 Å². The van der Waals surface area contributed by atoms with E-state index in [1.165, 1.54) is 20.0 Å². The lowest BCUT2D eigenvalue weighted by Gasteiger charge is -2.05. The van der Waals surface area contributed by atoms with Crippen LogP contribution >= 0.6 is 0 Å². The molecule has 0 spiro atoms. The minimum atomic E-state index is -0.268. The number of methoxy groups -OCH3 is 1. The third-order valence-electron chi connectivity index (χ3n) is 2.61. The van der Waals surface area contributed by atoms with Gasteiger partial charge in [-0.25, -0.2) is 4.39 Å². The molecular weight excluding hydrogens is 205 g/mol. The Labute approximate surface area is 96.8 Å². The summed E-state index contributed by atoms with van der Waals surface area (Å²) in [5, 5.41) is 3.11. The molecule has 1 aromatic rings. The number of aryl methyl sites for hydroxylation is 1. The average Bonchev–Trinajstić information content (AvgIpc) is 2.29. The van der Waals surface area contributed by atoms with Gasteiger partial charge < -0.3 is 10.1 Å². The maximum absolute atomic E-state index is 13.3. The van der Waals surface area contributed by atoms with E-state index in [4.69, 9.17) is 4.74 Å². The summed E-state index contributed by atoms with van der Waals surface area (Å²) in [5.74, 6) is 0.0501. The molecule has 0 radical (unpaired) electrons. The second-order valence-corrected chi connectivity index (χ2v) is 3.88. The second-order valence-electron chi connectivity index (χ2n) is 3.88. The smallest absolute Gasteiger partial charge is 0.165 e. The number of benzene rings is 1. The topological polar surface area (TPSA) is 21.3 Å². The van der Waals surface area contributed by atoms with Gasteiger partial charge in [-0.2, -0.15) is 0 Å². The second kappa shape index (κ2) is 7.23. The zero-order chi connectivity index (χ0) is 11.8. The maximum atomic E-state index is 13.3. The van der Waals surface area contributed by atoms with Crippen LogP contribution in [0, 0.1) is 5.82 Å². The summed E-state index contributed by atoms with van der Waals surface area (Å²) < 4.78 is 18.2. The molecule has 0 aliphatic carbocycles. The first-order valence-electron chi connectivity index (χ1n) is 5.75. The molecule has 0 aliphatic heterocycles. The number of ether oxygens (including phenoxy) is 1. The number of rotatable bonds is 7. The van der Waals surface area contributed by atoms with Crippen molar-refractivity contribution in [3.8, 4) is 5.75 Å². The Morgan fingerprint density at radius 3 is 2.69 bits per heavy atom. The van der Waals surface area contributed by atoms with Crippen LogP contribution in [0.3, 0.4) is 0 Å². The highest BCUT2D eigenvalue weighted by molar-refractivity contribution is 5.29. The summed E-state index contributed by atoms with van der Waals surface area (Å²) >= 11 is 0. The first-order valence-corrected chi connectivity index (χ1v) is 5.75. The van der Waals surface area contributed by atoms with E-state index < -0.39 is 0 Å². The minimum absolute atomic E-state index is 0.268. The van der Waals surface area contributed by atoms with Crippen molar-refractivity contribution in [1.29, 1.82) is 0 Å². The molecule has 1 rings (SSSR count). The summed E-state index contributed by atoms with van der Waals surface area (Å²) in [6, 6.07) is 5.19. The molecule has 0 atom stereocenters. The van der Waals surface area contributed by atoms with E-state index in [2.05, 4.69) is 5.32 Å². The first kappa shape index (κ1) is 13.0. The molecule has 90 valence electrons. The van der Waals surface area contributed by atoms with Crippen molar-refractivity contribution in [2.75, 3.05) is 20.7 Å². The molecular formula is C13H20FNO. The molecule has 0 saturated heterocycles. The summed E-state index contributed by atoms with van der Waals surface area (Å²) in [4.78, 5) is 0. The molecule has 0 aliphatic rings. The summed E-state index contributed by atoms with van der Waals surface area (Å²) in [6.07, 6.45) is 4.39. The van der Waals surface area contributed by atoms with Crippen LogP contribution < -0.4 is 10.1 Å². The van der Waals surface area contributed by atoms with Gasteiger partial charge in [0.2, 0.25) is 0 Å². The quantitative estimate of drug-likeness (QED) is 0.720. The van der Waals surface area contributed by atoms with Gasteiger partial charge in [-0.3, -0.25) is 0 Å². The van der Waals surface area contributed by atoms with Crippen molar-refractivity contribution >= 4 is 0 Å². The van der Waals surface area contributed by atoms with Crippen LogP contribution in [0.5, 0.6) is 5.75 Å². The molecule has 0 heterocycles. The molecule has 0 amide bonds. The Hall–Kier alpha value is -1.09. The lowest BCUT2D eigenvalue weighted by molar-refractivity contribution is 0.386. The Morgan fingerprint density at radius 2 is 2.06 bits per heavy atom. The predicted octanol–water partition coefficient (Wildman–Crippen LogP) is 2.77. The van der Waals surface area contributed by atoms with Crippen molar-refractivity contribution in [1.82, 2.24) is 5.32 Å². The van der Waals surface area contributed by atoms with Crippen molar-refractivity contribution in [3.63, 3.8) is 0 Å². The maximum Gasteiger partial charge on any atom is 0.165 e. The third-order valence-corrected chi connectivity index (χ3v) is 2.61. The summed E-state index contributed by atoms with van der Waals surface area (Å²) in [6.45, 7) is 1.05. The molecule has 0 unspecified atom stereocenters. The minimum Gasteiger partial charge on any atom is -0.494 e. The van der Waals surface area contributed by atoms with Crippen molar-refractivity contribution in [3.05, 3.63) is 29.6 Å². The van der Waals surface area contributed by atoms with Gasteiger partial charge in [0.05, 0.1) is 7.11 Å². The number of unbranched alkanes of at least 4 members (excludes halogenated alkanes) is 2. The SMILES string of the molecule is CNCCCCCc1ccc(OC)c(F)c1. The highest BCUT2D eigenvalue weighted by Crippen LogP contribution is 2.18. The van der Waals surface area contributed by atoms with Crippen LogP contribution in [0.1, 0.15) is 24.8 Å². The van der Waals surface area contributed by atoms with Crippen LogP contribution in [0.4, 0.5) is 4.39 Å². The molecule has 2 nitrogen and oxygen atoms in total. The fourth-order valence-electron chi connectivity index (χ4n) is 1.67. The largest absolute Gasteiger partial charge is 0.494 e. The molecule has 1 aromatic carbocycles. The normalized spacial score (nSPS) is 10.4. The zero-order valence-electron chi connectivity index (χ0n) is 10.1. The number of nitrogens with one attached hydrogen (secondary N) is 1. The van der Waals surface area contributed by atoms with Gasteiger partial charge >= 0.3 is 0 Å². The summed E-state index contributed by atoms with van der Waals surface area (Å²) in [5.41, 5.74) is 1.04. The monoisotopic (exact) mass is 225 g/mol. The highest BCUT2D eigenvalue weighted by atomic mass is 19.1. The first-order chi connectivity index (χ1) is 7.77. The highest BCUT2D eigenvalue weighted by Gasteiger charge is 2.02. The van der Waals surface area contributed by atoms with Gasteiger partial charge in [0.25, 0.3) is 0 Å². The van der Waals surface area contributed by atoms with E-state index in [0.29, 0.717) is 5.75 Å². The fraction of sp³-hybridized carbons (Fsp3) is 0.538. The lowest BCUT2D eigenvalue weighted by Crippen LogP contribution is -2.07. The Morgan fingerprint density at radius 1 is 1.25 bits per heavy atom. The Bertz CT molecular complexity index is 315. The van der Waals surface area contributed by atoms with Crippen LogP contribution in [0.15, 0.2) is 18.2 Å². The third kappa shape index (κ3) is 4.19. The van der Waals surface area contributed by atoms with Crippen LogP contribution in [0.25, 0.3) is 0 Å². The molecule has 0 fully saturated rings. The van der Waals surface area contributed by atoms with Gasteiger partial charge in [0.15, 0.2) is 11.6 Å². The van der Waals surface area contributed by atoms with Gasteiger partial charge in [-0.05, 0) is 50.6 Å². The van der Waals surface area contributed by atoms with E-state index in [0.717, 1.165) is 24.9 Å². The van der Waals surface area contributed by atoms with Gasteiger partial charge in [0.1, 0.15) is 0 Å². The van der Waals surface area contributed by atoms with Gasteiger partial charge in [0, 0.05) is 0 Å². The van der Waals surface area contributed by atoms with Crippen molar-refractivity contribution in [2.45, 2.75) is 25.7 Å². The number of hydrogen-bond donors (Lipinski definition) is 1. The molecule has 3 heteroatoms. The van der Waals surface area contributed by atoms with Crippen molar-refractivity contribution < 1.29 is 9.13 Å². The number of halogens is 1. The van der Waals surface area contributed by atoms with E-state index in [1.807, 2.05) is 13.1 Å². The Kier molecular flexibility index (Phi) is 5.86. The standard InChI is InChI=1S/C13H20FNO/c1-15-9-5-3-4-6-11-7-8-13(16-2)12(14)10-11/h7-8,10,15H,3-6,9H2,1-2H3. The zero-order valence-corrected chi connectivity index (χ0v) is 10.1. The lowest BCUT2D eigenvalue weighted by atomic mass is 10.1. The van der Waals surface area contributed by atoms with Crippen LogP contribution in [-0.4, -0.2) is 20.7 Å². The summed E-state index contributed by atoms with van der Waals surface area (Å²) in [7, 11) is 3.44. The van der Waals surface area contributed by atoms with E-state index in [-0.39, 0.29) is 5.82 Å². The van der Waals surface area contributed by atoms with Gasteiger partial charge in [-0.1, -0.05) is 12.5 Å². The van der Waals surface area contributed by atoms with E-state index in [1.54, 1.807) is 12.1 Å². The fourth-order valence-corrected chi connectivity index (χ4v) is 1.67. The van der Waals surface area contributed by atoms with Crippen LogP contribution in [-0.2, 0) is 6.42 Å². The Balaban J connectivity index is 2.34. The molecule has 16 heavy (non-hydrogen) atoms. The predicted molar refractivity (Wildman–Crippen MR) is 64.4 cm³/mol. The molecule has 0 bridgehead atoms. The van der Waals surface area contributed by atoms with Crippen LogP contribution in [0.2, 0.25) is 0 Å². The molecule has 1 N–H and O–H groups in total. The van der Waals surface area contributed by atoms with Gasteiger partial charge in [-0.15, -0.1) is 0 Å².